The smallest absolute Gasteiger partial charge is 0.304 e. The van der Waals surface area contributed by atoms with Crippen molar-refractivity contribution in [3.05, 3.63) is 35.6 Å². The molecule has 0 aliphatic carbocycles. The highest BCUT2D eigenvalue weighted by atomic mass is 19.1. The number of halogens is 1. The molecule has 0 fully saturated rings. The Balaban J connectivity index is 3.05. The number of hydrogen-bond donors (Lipinski definition) is 2. The van der Waals surface area contributed by atoms with Gasteiger partial charge in [0.1, 0.15) is 5.82 Å². The Morgan fingerprint density at radius 3 is 2.73 bits per heavy atom. The Labute approximate surface area is 87.7 Å². The lowest BCUT2D eigenvalue weighted by Gasteiger charge is -2.26. The molecule has 1 rings (SSSR count). The summed E-state index contributed by atoms with van der Waals surface area (Å²) >= 11 is 0. The molecule has 0 bridgehead atoms. The Bertz CT molecular complexity index is 367. The van der Waals surface area contributed by atoms with Crippen LogP contribution in [0.4, 0.5) is 4.39 Å². The zero-order valence-corrected chi connectivity index (χ0v) is 8.53. The van der Waals surface area contributed by atoms with Crippen LogP contribution in [-0.4, -0.2) is 17.6 Å². The lowest BCUT2D eigenvalue weighted by molar-refractivity contribution is -0.138. The number of aliphatic carboxylic acids is 1. The molecule has 0 aromatic heterocycles. The van der Waals surface area contributed by atoms with Gasteiger partial charge in [0.2, 0.25) is 0 Å². The number of rotatable bonds is 4. The lowest BCUT2D eigenvalue weighted by atomic mass is 9.79. The fourth-order valence-electron chi connectivity index (χ4n) is 1.49. The molecular weight excluding hydrogens is 197 g/mol. The van der Waals surface area contributed by atoms with Crippen LogP contribution in [0.1, 0.15) is 18.9 Å². The number of hydrogen-bond acceptors (Lipinski definition) is 2. The van der Waals surface area contributed by atoms with Crippen molar-refractivity contribution in [1.82, 2.24) is 0 Å². The van der Waals surface area contributed by atoms with E-state index in [1.807, 2.05) is 0 Å². The fourth-order valence-corrected chi connectivity index (χ4v) is 1.49. The summed E-state index contributed by atoms with van der Waals surface area (Å²) in [6.45, 7) is 1.89. The van der Waals surface area contributed by atoms with Gasteiger partial charge in [-0.3, -0.25) is 4.79 Å². The third kappa shape index (κ3) is 2.76. The van der Waals surface area contributed by atoms with Crippen LogP contribution in [0.5, 0.6) is 0 Å². The Morgan fingerprint density at radius 1 is 1.60 bits per heavy atom. The molecule has 15 heavy (non-hydrogen) atoms. The second kappa shape index (κ2) is 4.40. The minimum absolute atomic E-state index is 0.104. The van der Waals surface area contributed by atoms with Crippen LogP contribution >= 0.6 is 0 Å². The van der Waals surface area contributed by atoms with Gasteiger partial charge >= 0.3 is 5.97 Å². The topological polar surface area (TPSA) is 63.3 Å². The maximum absolute atomic E-state index is 13.0. The molecule has 4 heteroatoms. The average molecular weight is 211 g/mol. The van der Waals surface area contributed by atoms with Gasteiger partial charge in [0.05, 0.1) is 6.42 Å². The summed E-state index contributed by atoms with van der Waals surface area (Å²) in [5.41, 5.74) is 5.46. The fraction of sp³-hybridized carbons (Fsp3) is 0.364. The van der Waals surface area contributed by atoms with E-state index < -0.39 is 11.4 Å². The number of benzene rings is 1. The minimum Gasteiger partial charge on any atom is -0.481 e. The molecule has 0 amide bonds. The number of carboxylic acid groups (broad SMARTS) is 1. The van der Waals surface area contributed by atoms with Gasteiger partial charge in [0, 0.05) is 12.0 Å². The van der Waals surface area contributed by atoms with E-state index in [-0.39, 0.29) is 18.8 Å². The Morgan fingerprint density at radius 2 is 2.27 bits per heavy atom. The highest BCUT2D eigenvalue weighted by Crippen LogP contribution is 2.26. The zero-order chi connectivity index (χ0) is 11.5. The van der Waals surface area contributed by atoms with Crippen molar-refractivity contribution in [3.8, 4) is 0 Å². The van der Waals surface area contributed by atoms with Gasteiger partial charge in [-0.15, -0.1) is 0 Å². The van der Waals surface area contributed by atoms with Gasteiger partial charge in [-0.1, -0.05) is 19.1 Å². The summed E-state index contributed by atoms with van der Waals surface area (Å²) < 4.78 is 13.0. The molecule has 0 saturated carbocycles. The maximum atomic E-state index is 13.0. The molecule has 0 aliphatic heterocycles. The van der Waals surface area contributed by atoms with E-state index >= 15 is 0 Å². The molecule has 0 saturated heterocycles. The summed E-state index contributed by atoms with van der Waals surface area (Å²) in [6, 6.07) is 5.90. The van der Waals surface area contributed by atoms with Gasteiger partial charge in [0.25, 0.3) is 0 Å². The molecule has 82 valence electrons. The van der Waals surface area contributed by atoms with Crippen molar-refractivity contribution in [2.45, 2.75) is 18.8 Å². The van der Waals surface area contributed by atoms with Gasteiger partial charge < -0.3 is 10.8 Å². The minimum atomic E-state index is -0.938. The van der Waals surface area contributed by atoms with Crippen molar-refractivity contribution in [3.63, 3.8) is 0 Å². The van der Waals surface area contributed by atoms with Gasteiger partial charge in [-0.2, -0.15) is 0 Å². The van der Waals surface area contributed by atoms with Crippen LogP contribution in [-0.2, 0) is 10.2 Å². The van der Waals surface area contributed by atoms with Crippen molar-refractivity contribution in [2.24, 2.45) is 5.73 Å². The third-order valence-electron chi connectivity index (χ3n) is 2.51. The quantitative estimate of drug-likeness (QED) is 0.793. The van der Waals surface area contributed by atoms with Crippen LogP contribution in [0.25, 0.3) is 0 Å². The lowest BCUT2D eigenvalue weighted by Crippen LogP contribution is -2.34. The standard InChI is InChI=1S/C11H14FNO2/c1-11(7-13,6-10(14)15)8-3-2-4-9(12)5-8/h2-5H,6-7,13H2,1H3,(H,14,15). The number of carboxylic acids is 1. The Hall–Kier alpha value is -1.42. The first-order chi connectivity index (χ1) is 6.98. The van der Waals surface area contributed by atoms with Gasteiger partial charge in [-0.05, 0) is 17.7 Å². The predicted molar refractivity (Wildman–Crippen MR) is 55.1 cm³/mol. The van der Waals surface area contributed by atoms with Crippen molar-refractivity contribution in [1.29, 1.82) is 0 Å². The van der Waals surface area contributed by atoms with Gasteiger partial charge in [-0.25, -0.2) is 4.39 Å². The van der Waals surface area contributed by atoms with E-state index in [9.17, 15) is 9.18 Å². The van der Waals surface area contributed by atoms with Crippen LogP contribution in [0, 0.1) is 5.82 Å². The summed E-state index contributed by atoms with van der Waals surface area (Å²) in [7, 11) is 0. The number of carbonyl (C=O) groups is 1. The summed E-state index contributed by atoms with van der Waals surface area (Å²) in [6.07, 6.45) is -0.104. The van der Waals surface area contributed by atoms with Crippen LogP contribution in [0.3, 0.4) is 0 Å². The SMILES string of the molecule is CC(CN)(CC(=O)O)c1cccc(F)c1. The second-order valence-corrected chi connectivity index (χ2v) is 3.85. The zero-order valence-electron chi connectivity index (χ0n) is 8.53. The van der Waals surface area contributed by atoms with Crippen LogP contribution in [0.2, 0.25) is 0 Å². The highest BCUT2D eigenvalue weighted by molar-refractivity contribution is 5.69. The Kier molecular flexibility index (Phi) is 3.42. The van der Waals surface area contributed by atoms with E-state index in [2.05, 4.69) is 0 Å². The molecule has 0 spiro atoms. The largest absolute Gasteiger partial charge is 0.481 e. The molecule has 1 aromatic carbocycles. The van der Waals surface area contributed by atoms with Crippen molar-refractivity contribution < 1.29 is 14.3 Å². The first-order valence-electron chi connectivity index (χ1n) is 4.66. The van der Waals surface area contributed by atoms with Crippen LogP contribution in [0.15, 0.2) is 24.3 Å². The average Bonchev–Trinajstić information content (AvgIpc) is 2.16. The highest BCUT2D eigenvalue weighted by Gasteiger charge is 2.28. The molecule has 0 heterocycles. The first kappa shape index (κ1) is 11.7. The molecule has 0 radical (unpaired) electrons. The molecule has 1 aromatic rings. The molecule has 1 atom stereocenters. The van der Waals surface area contributed by atoms with E-state index in [1.54, 1.807) is 19.1 Å². The summed E-state index contributed by atoms with van der Waals surface area (Å²) in [5.74, 6) is -1.32. The molecular formula is C11H14FNO2. The van der Waals surface area contributed by atoms with Crippen LogP contribution < -0.4 is 5.73 Å². The maximum Gasteiger partial charge on any atom is 0.304 e. The summed E-state index contributed by atoms with van der Waals surface area (Å²) in [4.78, 5) is 10.7. The normalized spacial score (nSPS) is 14.6. The van der Waals surface area contributed by atoms with E-state index in [0.717, 1.165) is 0 Å². The third-order valence-corrected chi connectivity index (χ3v) is 2.51. The summed E-state index contributed by atoms with van der Waals surface area (Å²) in [5, 5.41) is 8.76. The first-order valence-corrected chi connectivity index (χ1v) is 4.66. The van der Waals surface area contributed by atoms with Crippen molar-refractivity contribution in [2.75, 3.05) is 6.54 Å². The van der Waals surface area contributed by atoms with E-state index in [4.69, 9.17) is 10.8 Å². The molecule has 3 nitrogen and oxygen atoms in total. The monoisotopic (exact) mass is 211 g/mol. The van der Waals surface area contributed by atoms with Gasteiger partial charge in [0.15, 0.2) is 0 Å². The second-order valence-electron chi connectivity index (χ2n) is 3.85. The number of nitrogens with two attached hydrogens (primary N) is 1. The predicted octanol–water partition coefficient (Wildman–Crippen LogP) is 1.52. The molecule has 3 N–H and O–H groups in total. The molecule has 0 aliphatic rings. The van der Waals surface area contributed by atoms with Crippen molar-refractivity contribution >= 4 is 5.97 Å². The van der Waals surface area contributed by atoms with E-state index in [0.29, 0.717) is 5.56 Å². The van der Waals surface area contributed by atoms with E-state index in [1.165, 1.54) is 12.1 Å². The molecule has 1 unspecified atom stereocenters.